The first-order valence-corrected chi connectivity index (χ1v) is 13.9. The molecular weight excluding hydrogens is 517 g/mol. The van der Waals surface area contributed by atoms with Crippen LogP contribution in [0.1, 0.15) is 29.6 Å². The van der Waals surface area contributed by atoms with Crippen molar-refractivity contribution in [2.45, 2.75) is 40.8 Å². The van der Waals surface area contributed by atoms with Crippen LogP contribution < -0.4 is 10.0 Å². The predicted molar refractivity (Wildman–Crippen MR) is 119 cm³/mol. The van der Waals surface area contributed by atoms with Gasteiger partial charge in [0.25, 0.3) is 15.9 Å². The highest BCUT2D eigenvalue weighted by Crippen LogP contribution is 2.60. The highest BCUT2D eigenvalue weighted by Gasteiger charge is 2.64. The van der Waals surface area contributed by atoms with Crippen molar-refractivity contribution >= 4 is 43.1 Å². The van der Waals surface area contributed by atoms with Gasteiger partial charge in [-0.3, -0.25) is 9.52 Å². The number of anilines is 1. The Bertz CT molecular complexity index is 1350. The van der Waals surface area contributed by atoms with E-state index in [1.54, 1.807) is 0 Å². The van der Waals surface area contributed by atoms with Gasteiger partial charge in [0.15, 0.2) is 9.84 Å². The Labute approximate surface area is 199 Å². The molecule has 0 spiro atoms. The lowest BCUT2D eigenvalue weighted by molar-refractivity contribution is -0.180. The summed E-state index contributed by atoms with van der Waals surface area (Å²) in [6.45, 7) is 0. The van der Waals surface area contributed by atoms with Crippen molar-refractivity contribution in [3.8, 4) is 0 Å². The van der Waals surface area contributed by atoms with E-state index in [1.165, 1.54) is 18.2 Å². The number of hydrogen-bond acceptors (Lipinski definition) is 5. The molecule has 0 saturated heterocycles. The van der Waals surface area contributed by atoms with Crippen LogP contribution in [-0.2, 0) is 19.9 Å². The van der Waals surface area contributed by atoms with Gasteiger partial charge in [-0.25, -0.2) is 16.8 Å². The van der Waals surface area contributed by atoms with Gasteiger partial charge in [0.05, 0.1) is 27.0 Å². The number of amides is 1. The van der Waals surface area contributed by atoms with Gasteiger partial charge in [0, 0.05) is 16.8 Å². The number of rotatable bonds is 6. The van der Waals surface area contributed by atoms with Gasteiger partial charge in [0.2, 0.25) is 0 Å². The lowest BCUT2D eigenvalue weighted by Crippen LogP contribution is -2.51. The Morgan fingerprint density at radius 3 is 2.12 bits per heavy atom. The van der Waals surface area contributed by atoms with Crippen LogP contribution in [0.5, 0.6) is 0 Å². The number of halogens is 4. The average molecular weight is 537 g/mol. The van der Waals surface area contributed by atoms with Crippen molar-refractivity contribution in [3.05, 3.63) is 53.1 Å². The smallest absolute Gasteiger partial charge is 0.346 e. The molecule has 3 fully saturated rings. The highest BCUT2D eigenvalue weighted by atomic mass is 35.5. The minimum absolute atomic E-state index is 0.0650. The molecule has 7 nitrogen and oxygen atoms in total. The normalized spacial score (nSPS) is 24.4. The van der Waals surface area contributed by atoms with Gasteiger partial charge in [-0.1, -0.05) is 11.6 Å². The first-order chi connectivity index (χ1) is 15.6. The molecule has 1 unspecified atom stereocenters. The van der Waals surface area contributed by atoms with Crippen LogP contribution in [0, 0.1) is 11.8 Å². The molecule has 1 amide bonds. The molecule has 1 atom stereocenters. The maximum Gasteiger partial charge on any atom is 0.392 e. The van der Waals surface area contributed by atoms with Crippen molar-refractivity contribution in [1.82, 2.24) is 5.32 Å². The number of carbonyl (C=O) groups is 1. The van der Waals surface area contributed by atoms with E-state index in [0.29, 0.717) is 0 Å². The Hall–Kier alpha value is -2.31. The lowest BCUT2D eigenvalue weighted by atomic mass is 9.76. The van der Waals surface area contributed by atoms with Crippen LogP contribution >= 0.6 is 11.6 Å². The fraction of sp³-hybridized carbons (Fsp3) is 0.381. The van der Waals surface area contributed by atoms with Gasteiger partial charge in [-0.05, 0) is 67.6 Å². The predicted octanol–water partition coefficient (Wildman–Crippen LogP) is 4.01. The van der Waals surface area contributed by atoms with Crippen molar-refractivity contribution in [3.63, 3.8) is 0 Å². The van der Waals surface area contributed by atoms with E-state index in [2.05, 4.69) is 10.0 Å². The third-order valence-electron chi connectivity index (χ3n) is 6.32. The van der Waals surface area contributed by atoms with Gasteiger partial charge in [0.1, 0.15) is 0 Å². The van der Waals surface area contributed by atoms with E-state index >= 15 is 0 Å². The molecule has 3 aliphatic rings. The molecule has 2 aromatic rings. The molecule has 3 saturated carbocycles. The number of carbonyl (C=O) groups excluding carboxylic acids is 1. The Balaban J connectivity index is 1.56. The summed E-state index contributed by atoms with van der Waals surface area (Å²) in [5.41, 5.74) is -1.24. The molecular formula is C21H20ClF3N2O5S2. The zero-order valence-corrected chi connectivity index (χ0v) is 20.1. The number of sulfonamides is 1. The summed E-state index contributed by atoms with van der Waals surface area (Å²) in [5, 5.41) is 2.79. The van der Waals surface area contributed by atoms with E-state index in [9.17, 15) is 34.8 Å². The maximum atomic E-state index is 13.2. The summed E-state index contributed by atoms with van der Waals surface area (Å²) in [7, 11) is -7.75. The number of benzene rings is 2. The fourth-order valence-corrected chi connectivity index (χ4v) is 6.57. The number of hydrogen-bond donors (Lipinski definition) is 2. The standard InChI is InChI=1S/C21H20ClF3N2O5S2/c1-33(29,30)14-3-5-15(6-4-14)34(31,32)27-18-7-2-13(22)8-16(18)19(28)26-20-9-12(10-20)17(11-20)21(23,24)25/h2-8,12,17,27H,9-11H2,1H3,(H,26,28). The van der Waals surface area contributed by atoms with Crippen LogP contribution in [0.2, 0.25) is 5.02 Å². The van der Waals surface area contributed by atoms with E-state index < -0.39 is 49.3 Å². The summed E-state index contributed by atoms with van der Waals surface area (Å²) in [4.78, 5) is 12.7. The van der Waals surface area contributed by atoms with Crippen molar-refractivity contribution in [2.24, 2.45) is 11.8 Å². The topological polar surface area (TPSA) is 109 Å². The van der Waals surface area contributed by atoms with Crippen molar-refractivity contribution < 1.29 is 34.8 Å². The Morgan fingerprint density at radius 2 is 1.59 bits per heavy atom. The monoisotopic (exact) mass is 536 g/mol. The highest BCUT2D eigenvalue weighted by molar-refractivity contribution is 7.92. The van der Waals surface area contributed by atoms with Crippen LogP contribution in [0.4, 0.5) is 18.9 Å². The number of alkyl halides is 3. The molecule has 2 aromatic carbocycles. The minimum atomic E-state index is -4.34. The van der Waals surface area contributed by atoms with Gasteiger partial charge in [-0.15, -0.1) is 0 Å². The summed E-state index contributed by atoms with van der Waals surface area (Å²) in [6, 6.07) is 8.36. The van der Waals surface area contributed by atoms with Gasteiger partial charge < -0.3 is 5.32 Å². The molecule has 5 rings (SSSR count). The number of nitrogens with one attached hydrogen (secondary N) is 2. The minimum Gasteiger partial charge on any atom is -0.346 e. The summed E-state index contributed by atoms with van der Waals surface area (Å²) in [5.74, 6) is -2.75. The number of sulfone groups is 1. The second-order valence-electron chi connectivity index (χ2n) is 8.79. The fourth-order valence-electron chi connectivity index (χ4n) is 4.69. The van der Waals surface area contributed by atoms with E-state index in [4.69, 9.17) is 11.6 Å². The first kappa shape index (κ1) is 24.8. The van der Waals surface area contributed by atoms with E-state index in [0.717, 1.165) is 30.5 Å². The molecule has 2 bridgehead atoms. The lowest BCUT2D eigenvalue weighted by Gasteiger charge is -2.39. The van der Waals surface area contributed by atoms with Gasteiger partial charge in [-0.2, -0.15) is 13.2 Å². The first-order valence-electron chi connectivity index (χ1n) is 10.1. The van der Waals surface area contributed by atoms with E-state index in [-0.39, 0.29) is 45.3 Å². The SMILES string of the molecule is CS(=O)(=O)c1ccc(S(=O)(=O)Nc2ccc(Cl)cc2C(=O)NC23CC(C2)C(C(F)(F)F)C3)cc1. The Kier molecular flexibility index (Phi) is 5.93. The zero-order valence-electron chi connectivity index (χ0n) is 17.7. The molecule has 34 heavy (non-hydrogen) atoms. The summed E-state index contributed by atoms with van der Waals surface area (Å²) >= 11 is 5.99. The van der Waals surface area contributed by atoms with Crippen molar-refractivity contribution in [2.75, 3.05) is 11.0 Å². The van der Waals surface area contributed by atoms with Crippen LogP contribution in [-0.4, -0.2) is 40.7 Å². The molecule has 0 aromatic heterocycles. The maximum absolute atomic E-state index is 13.2. The largest absolute Gasteiger partial charge is 0.392 e. The van der Waals surface area contributed by atoms with Crippen molar-refractivity contribution in [1.29, 1.82) is 0 Å². The molecule has 0 aliphatic heterocycles. The second kappa shape index (κ2) is 8.13. The summed E-state index contributed by atoms with van der Waals surface area (Å²) < 4.78 is 90.7. The molecule has 0 radical (unpaired) electrons. The Morgan fingerprint density at radius 1 is 1.00 bits per heavy atom. The van der Waals surface area contributed by atoms with Gasteiger partial charge >= 0.3 is 6.18 Å². The average Bonchev–Trinajstić information content (AvgIpc) is 3.25. The second-order valence-corrected chi connectivity index (χ2v) is 12.9. The van der Waals surface area contributed by atoms with E-state index in [1.807, 2.05) is 0 Å². The molecule has 13 heteroatoms. The molecule has 3 aliphatic carbocycles. The van der Waals surface area contributed by atoms with Crippen LogP contribution in [0.15, 0.2) is 52.3 Å². The molecule has 184 valence electrons. The van der Waals surface area contributed by atoms with Crippen LogP contribution in [0.25, 0.3) is 0 Å². The summed E-state index contributed by atoms with van der Waals surface area (Å²) in [6.07, 6.45) is -3.16. The third kappa shape index (κ3) is 4.76. The molecule has 0 heterocycles. The quantitative estimate of drug-likeness (QED) is 0.580. The number of fused-ring (bicyclic) bond motifs is 1. The molecule has 2 N–H and O–H groups in total. The van der Waals surface area contributed by atoms with Crippen LogP contribution in [0.3, 0.4) is 0 Å². The third-order valence-corrected chi connectivity index (χ3v) is 9.06. The zero-order chi connectivity index (χ0) is 25.1.